The molecule has 1 unspecified atom stereocenters. The van der Waals surface area contributed by atoms with E-state index in [2.05, 4.69) is 19.6 Å². The van der Waals surface area contributed by atoms with Gasteiger partial charge in [0.2, 0.25) is 0 Å². The molecule has 1 aromatic rings. The van der Waals surface area contributed by atoms with E-state index in [1.165, 1.54) is 0 Å². The number of rotatable bonds is 10. The first kappa shape index (κ1) is 21.9. The molecule has 0 aliphatic rings. The van der Waals surface area contributed by atoms with E-state index in [9.17, 15) is 4.57 Å². The molecule has 0 amide bonds. The lowest BCUT2D eigenvalue weighted by atomic mass is 10.4. The predicted octanol–water partition coefficient (Wildman–Crippen LogP) is 6.00. The van der Waals surface area contributed by atoms with Crippen LogP contribution >= 0.6 is 19.4 Å². The minimum absolute atomic E-state index is 0.163. The van der Waals surface area contributed by atoms with Crippen molar-refractivity contribution in [2.24, 2.45) is 0 Å². The zero-order valence-corrected chi connectivity index (χ0v) is 18.5. The van der Waals surface area contributed by atoms with Gasteiger partial charge >= 0.3 is 7.60 Å². The van der Waals surface area contributed by atoms with E-state index >= 15 is 0 Å². The van der Waals surface area contributed by atoms with E-state index in [1.54, 1.807) is 11.8 Å². The lowest BCUT2D eigenvalue weighted by Crippen LogP contribution is -2.33. The summed E-state index contributed by atoms with van der Waals surface area (Å²) >= 11 is 1.58. The molecule has 0 aliphatic carbocycles. The Bertz CT molecular complexity index is 517. The van der Waals surface area contributed by atoms with Crippen molar-refractivity contribution in [1.29, 1.82) is 0 Å². The summed E-state index contributed by atoms with van der Waals surface area (Å²) in [6.45, 7) is 13.9. The molecule has 0 aromatic heterocycles. The Labute approximate surface area is 152 Å². The fourth-order valence-electron chi connectivity index (χ4n) is 2.08. The molecular formula is C17H31O4PSSi. The van der Waals surface area contributed by atoms with Crippen molar-refractivity contribution in [1.82, 2.24) is 0 Å². The van der Waals surface area contributed by atoms with Gasteiger partial charge in [-0.2, -0.15) is 0 Å². The number of benzene rings is 1. The van der Waals surface area contributed by atoms with Gasteiger partial charge in [-0.3, -0.25) is 4.57 Å². The van der Waals surface area contributed by atoms with Crippen molar-refractivity contribution in [3.8, 4) is 0 Å². The topological polar surface area (TPSA) is 44.8 Å². The summed E-state index contributed by atoms with van der Waals surface area (Å²) in [7, 11) is -5.04. The molecule has 1 atom stereocenters. The monoisotopic (exact) mass is 390 g/mol. The van der Waals surface area contributed by atoms with Crippen molar-refractivity contribution in [2.75, 3.05) is 6.16 Å². The van der Waals surface area contributed by atoms with Crippen LogP contribution in [0, 0.1) is 0 Å². The van der Waals surface area contributed by atoms with Crippen molar-refractivity contribution in [3.05, 3.63) is 30.3 Å². The zero-order valence-electron chi connectivity index (χ0n) is 15.8. The third-order valence-electron chi connectivity index (χ3n) is 2.61. The summed E-state index contributed by atoms with van der Waals surface area (Å²) in [5.41, 5.74) is -0.262. The zero-order chi connectivity index (χ0) is 18.4. The fraction of sp³-hybridized carbons (Fsp3) is 0.647. The number of thioether (sulfide) groups is 1. The van der Waals surface area contributed by atoms with Gasteiger partial charge in [0, 0.05) is 4.90 Å². The van der Waals surface area contributed by atoms with E-state index in [4.69, 9.17) is 13.5 Å². The highest BCUT2D eigenvalue weighted by molar-refractivity contribution is 8.00. The van der Waals surface area contributed by atoms with Crippen molar-refractivity contribution in [3.63, 3.8) is 0 Å². The molecule has 0 N–H and O–H groups in total. The van der Waals surface area contributed by atoms with Gasteiger partial charge < -0.3 is 13.5 Å². The van der Waals surface area contributed by atoms with Crippen LogP contribution in [0.3, 0.4) is 0 Å². The van der Waals surface area contributed by atoms with E-state index in [1.807, 2.05) is 58.0 Å². The van der Waals surface area contributed by atoms with Gasteiger partial charge in [-0.15, -0.1) is 0 Å². The normalized spacial score (nSPS) is 14.4. The average molecular weight is 391 g/mol. The summed E-state index contributed by atoms with van der Waals surface area (Å²) in [6, 6.07) is 10.0. The maximum atomic E-state index is 13.2. The highest BCUT2D eigenvalue weighted by Gasteiger charge is 2.34. The van der Waals surface area contributed by atoms with Gasteiger partial charge in [-0.05, 0) is 59.5 Å². The number of hydrogen-bond donors (Lipinski definition) is 0. The summed E-state index contributed by atoms with van der Waals surface area (Å²) in [5.74, 6) is 0. The minimum Gasteiger partial charge on any atom is -0.405 e. The summed E-state index contributed by atoms with van der Waals surface area (Å²) in [5, 5.41) is 0. The Balaban J connectivity index is 2.96. The van der Waals surface area contributed by atoms with E-state index in [0.717, 1.165) is 4.90 Å². The molecule has 138 valence electrons. The number of hydrogen-bond acceptors (Lipinski definition) is 5. The second kappa shape index (κ2) is 9.55. The van der Waals surface area contributed by atoms with Crippen LogP contribution in [-0.4, -0.2) is 32.1 Å². The fourth-order valence-corrected chi connectivity index (χ4v) is 7.56. The third-order valence-corrected chi connectivity index (χ3v) is 7.36. The first-order chi connectivity index (χ1) is 11.0. The molecular weight excluding hydrogens is 359 g/mol. The van der Waals surface area contributed by atoms with Crippen LogP contribution in [-0.2, 0) is 18.0 Å². The van der Waals surface area contributed by atoms with Crippen LogP contribution in [0.2, 0.25) is 19.6 Å². The first-order valence-electron chi connectivity index (χ1n) is 8.34. The molecule has 1 aromatic carbocycles. The second-order valence-corrected chi connectivity index (χ2v) is 14.9. The quantitative estimate of drug-likeness (QED) is 0.212. The van der Waals surface area contributed by atoms with E-state index in [0.29, 0.717) is 0 Å². The Kier molecular flexibility index (Phi) is 8.73. The smallest absolute Gasteiger partial charge is 0.334 e. The molecule has 4 nitrogen and oxygen atoms in total. The summed E-state index contributed by atoms with van der Waals surface area (Å²) in [6.07, 6.45) is -0.0830. The Morgan fingerprint density at radius 3 is 1.92 bits per heavy atom. The maximum absolute atomic E-state index is 13.2. The molecule has 0 saturated heterocycles. The Morgan fingerprint density at radius 1 is 1.00 bits per heavy atom. The average Bonchev–Trinajstić information content (AvgIpc) is 2.34. The highest BCUT2D eigenvalue weighted by atomic mass is 32.2. The molecule has 0 radical (unpaired) electrons. The van der Waals surface area contributed by atoms with Crippen LogP contribution in [0.1, 0.15) is 27.7 Å². The van der Waals surface area contributed by atoms with Gasteiger partial charge in [0.15, 0.2) is 8.32 Å². The molecule has 7 heteroatoms. The predicted molar refractivity (Wildman–Crippen MR) is 105 cm³/mol. The summed E-state index contributed by atoms with van der Waals surface area (Å²) < 4.78 is 30.8. The minimum atomic E-state index is -3.23. The van der Waals surface area contributed by atoms with Crippen LogP contribution in [0.5, 0.6) is 0 Å². The Morgan fingerprint density at radius 2 is 1.50 bits per heavy atom. The molecule has 0 heterocycles. The largest absolute Gasteiger partial charge is 0.405 e. The molecule has 0 bridgehead atoms. The molecule has 0 spiro atoms. The lowest BCUT2D eigenvalue weighted by Gasteiger charge is -2.30. The molecule has 0 fully saturated rings. The van der Waals surface area contributed by atoms with Gasteiger partial charge in [0.25, 0.3) is 0 Å². The molecule has 1 rings (SSSR count). The molecule has 0 aliphatic heterocycles. The van der Waals surface area contributed by atoms with Crippen LogP contribution in [0.15, 0.2) is 35.2 Å². The van der Waals surface area contributed by atoms with E-state index < -0.39 is 15.9 Å². The highest BCUT2D eigenvalue weighted by Crippen LogP contribution is 2.53. The standard InChI is InChI=1S/C17H31O4PSSi/c1-14(2)19-22(18,20-15(3)4)13-17(21-24(5,6)7)23-16-11-9-8-10-12-16/h8-12,14-15,17H,13H2,1-7H3. The van der Waals surface area contributed by atoms with Crippen molar-refractivity contribution >= 4 is 27.7 Å². The lowest BCUT2D eigenvalue weighted by molar-refractivity contribution is 0.138. The maximum Gasteiger partial charge on any atom is 0.334 e. The SMILES string of the molecule is CC(C)OP(=O)(CC(O[Si](C)(C)C)Sc1ccccc1)OC(C)C. The van der Waals surface area contributed by atoms with E-state index in [-0.39, 0.29) is 23.8 Å². The van der Waals surface area contributed by atoms with Crippen LogP contribution in [0.25, 0.3) is 0 Å². The van der Waals surface area contributed by atoms with Crippen LogP contribution < -0.4 is 0 Å². The van der Waals surface area contributed by atoms with Crippen molar-refractivity contribution in [2.45, 2.75) is 69.9 Å². The first-order valence-corrected chi connectivity index (χ1v) is 14.4. The summed E-state index contributed by atoms with van der Waals surface area (Å²) in [4.78, 5) is 1.08. The van der Waals surface area contributed by atoms with Crippen LogP contribution in [0.4, 0.5) is 0 Å². The van der Waals surface area contributed by atoms with Gasteiger partial charge in [0.1, 0.15) is 5.44 Å². The van der Waals surface area contributed by atoms with Gasteiger partial charge in [0.05, 0.1) is 18.4 Å². The molecule has 0 saturated carbocycles. The van der Waals surface area contributed by atoms with Gasteiger partial charge in [-0.25, -0.2) is 0 Å². The molecule has 24 heavy (non-hydrogen) atoms. The Hall–Kier alpha value is -0.103. The second-order valence-electron chi connectivity index (χ2n) is 7.19. The van der Waals surface area contributed by atoms with Gasteiger partial charge in [-0.1, -0.05) is 30.0 Å². The third kappa shape index (κ3) is 9.40. The van der Waals surface area contributed by atoms with Crippen molar-refractivity contribution < 1.29 is 18.0 Å².